The molecule has 7 heteroatoms. The van der Waals surface area contributed by atoms with Gasteiger partial charge in [-0.15, -0.1) is 0 Å². The maximum atomic E-state index is 12.9. The minimum Gasteiger partial charge on any atom is -0.458 e. The lowest BCUT2D eigenvalue weighted by Gasteiger charge is -2.58. The van der Waals surface area contributed by atoms with Crippen molar-refractivity contribution in [1.82, 2.24) is 0 Å². The Labute approximate surface area is 228 Å². The van der Waals surface area contributed by atoms with Crippen molar-refractivity contribution in [3.8, 4) is 0 Å². The van der Waals surface area contributed by atoms with Gasteiger partial charge in [-0.1, -0.05) is 59.4 Å². The Bertz CT molecular complexity index is 967. The lowest BCUT2D eigenvalue weighted by atomic mass is 9.46. The fourth-order valence-electron chi connectivity index (χ4n) is 6.62. The van der Waals surface area contributed by atoms with E-state index in [4.69, 9.17) is 18.9 Å². The van der Waals surface area contributed by atoms with Crippen LogP contribution in [0.3, 0.4) is 0 Å². The van der Waals surface area contributed by atoms with E-state index < -0.39 is 30.1 Å². The van der Waals surface area contributed by atoms with Crippen LogP contribution in [-0.2, 0) is 33.3 Å². The van der Waals surface area contributed by atoms with E-state index in [1.807, 2.05) is 26.8 Å². The summed E-state index contributed by atoms with van der Waals surface area (Å²) < 4.78 is 23.9. The van der Waals surface area contributed by atoms with E-state index in [0.717, 1.165) is 30.4 Å². The van der Waals surface area contributed by atoms with Gasteiger partial charge in [0.1, 0.15) is 6.10 Å². The third kappa shape index (κ3) is 5.78. The first-order valence-corrected chi connectivity index (χ1v) is 14.2. The van der Waals surface area contributed by atoms with Crippen molar-refractivity contribution in [2.75, 3.05) is 0 Å². The minimum atomic E-state index is -0.994. The molecule has 1 aliphatic heterocycles. The molecule has 212 valence electrons. The summed E-state index contributed by atoms with van der Waals surface area (Å²) in [6, 6.07) is 0. The molecule has 3 aliphatic rings. The van der Waals surface area contributed by atoms with Crippen LogP contribution in [-0.4, -0.2) is 36.6 Å². The second-order valence-electron chi connectivity index (χ2n) is 11.7. The van der Waals surface area contributed by atoms with E-state index in [9.17, 15) is 14.4 Å². The van der Waals surface area contributed by atoms with Crippen molar-refractivity contribution in [1.29, 1.82) is 0 Å². The molecule has 1 saturated carbocycles. The number of esters is 3. The monoisotopic (exact) mass is 530 g/mol. The summed E-state index contributed by atoms with van der Waals surface area (Å²) in [6.45, 7) is 19.6. The van der Waals surface area contributed by atoms with Gasteiger partial charge in [0.2, 0.25) is 12.6 Å². The number of carbonyl (C=O) groups is 3. The summed E-state index contributed by atoms with van der Waals surface area (Å²) in [6.07, 6.45) is 6.70. The fraction of sp³-hybridized carbons (Fsp3) is 0.710. The molecule has 0 aromatic heterocycles. The van der Waals surface area contributed by atoms with E-state index in [2.05, 4.69) is 27.0 Å². The predicted molar refractivity (Wildman–Crippen MR) is 144 cm³/mol. The van der Waals surface area contributed by atoms with Gasteiger partial charge in [-0.3, -0.25) is 19.1 Å². The lowest BCUT2D eigenvalue weighted by Crippen LogP contribution is -2.57. The third-order valence-electron chi connectivity index (χ3n) is 9.35. The van der Waals surface area contributed by atoms with Gasteiger partial charge >= 0.3 is 17.9 Å². The average molecular weight is 531 g/mol. The molecule has 7 nitrogen and oxygen atoms in total. The second-order valence-corrected chi connectivity index (χ2v) is 11.7. The molecule has 2 aliphatic carbocycles. The molecule has 0 bridgehead atoms. The highest BCUT2D eigenvalue weighted by Gasteiger charge is 2.67. The molecule has 1 unspecified atom stereocenters. The van der Waals surface area contributed by atoms with Crippen LogP contribution in [0.2, 0.25) is 0 Å². The van der Waals surface area contributed by atoms with Gasteiger partial charge in [0.15, 0.2) is 0 Å². The van der Waals surface area contributed by atoms with E-state index in [1.165, 1.54) is 6.92 Å². The molecule has 1 saturated heterocycles. The Morgan fingerprint density at radius 2 is 1.92 bits per heavy atom. The molecule has 0 aromatic rings. The van der Waals surface area contributed by atoms with Crippen LogP contribution in [0.1, 0.15) is 92.9 Å². The van der Waals surface area contributed by atoms with Crippen molar-refractivity contribution in [2.24, 2.45) is 28.6 Å². The van der Waals surface area contributed by atoms with Gasteiger partial charge in [0.25, 0.3) is 0 Å². The molecule has 38 heavy (non-hydrogen) atoms. The zero-order chi connectivity index (χ0) is 28.3. The molecule has 1 heterocycles. The summed E-state index contributed by atoms with van der Waals surface area (Å²) in [5, 5.41) is 0. The van der Waals surface area contributed by atoms with Gasteiger partial charge in [-0.2, -0.15) is 0 Å². The van der Waals surface area contributed by atoms with E-state index in [0.29, 0.717) is 31.6 Å². The normalized spacial score (nSPS) is 34.7. The van der Waals surface area contributed by atoms with Gasteiger partial charge in [0.05, 0.1) is 11.3 Å². The van der Waals surface area contributed by atoms with Gasteiger partial charge in [0, 0.05) is 18.9 Å². The molecular weight excluding hydrogens is 484 g/mol. The smallest absolute Gasteiger partial charge is 0.309 e. The summed E-state index contributed by atoms with van der Waals surface area (Å²) in [5.74, 6) is -0.997. The fourth-order valence-corrected chi connectivity index (χ4v) is 6.62. The van der Waals surface area contributed by atoms with Crippen molar-refractivity contribution < 1.29 is 33.3 Å². The predicted octanol–water partition coefficient (Wildman–Crippen LogP) is 6.42. The van der Waals surface area contributed by atoms with Gasteiger partial charge < -0.3 is 14.2 Å². The first-order valence-electron chi connectivity index (χ1n) is 14.2. The molecule has 1 spiro atoms. The summed E-state index contributed by atoms with van der Waals surface area (Å²) >= 11 is 0. The molecule has 0 aromatic carbocycles. The number of hydrogen-bond acceptors (Lipinski definition) is 7. The quantitative estimate of drug-likeness (QED) is 0.132. The first-order chi connectivity index (χ1) is 17.9. The lowest BCUT2D eigenvalue weighted by molar-refractivity contribution is -0.236. The summed E-state index contributed by atoms with van der Waals surface area (Å²) in [4.78, 5) is 37.7. The highest BCUT2D eigenvalue weighted by molar-refractivity contribution is 5.72. The zero-order valence-electron chi connectivity index (χ0n) is 24.0. The van der Waals surface area contributed by atoms with Crippen LogP contribution >= 0.6 is 0 Å². The van der Waals surface area contributed by atoms with Crippen LogP contribution < -0.4 is 0 Å². The first kappa shape index (κ1) is 30.1. The largest absolute Gasteiger partial charge is 0.458 e. The van der Waals surface area contributed by atoms with Crippen molar-refractivity contribution >= 4 is 17.9 Å². The average Bonchev–Trinajstić information content (AvgIpc) is 3.15. The highest BCUT2D eigenvalue weighted by Crippen LogP contribution is 2.67. The van der Waals surface area contributed by atoms with Crippen LogP contribution in [0.4, 0.5) is 0 Å². The topological polar surface area (TPSA) is 88.1 Å². The van der Waals surface area contributed by atoms with Crippen molar-refractivity contribution in [2.45, 2.75) is 112 Å². The minimum absolute atomic E-state index is 0.0506. The molecule has 0 radical (unpaired) electrons. The van der Waals surface area contributed by atoms with Crippen LogP contribution in [0.25, 0.3) is 0 Å². The van der Waals surface area contributed by atoms with Crippen LogP contribution in [0.5, 0.6) is 0 Å². The maximum absolute atomic E-state index is 12.9. The highest BCUT2D eigenvalue weighted by atomic mass is 16.8. The van der Waals surface area contributed by atoms with E-state index in [-0.39, 0.29) is 35.6 Å². The molecule has 2 fully saturated rings. The number of rotatable bonds is 11. The number of ether oxygens (including phenoxy) is 4. The Morgan fingerprint density at radius 3 is 2.53 bits per heavy atom. The SMILES string of the molecule is C=CC(=C)CC[C@]1(C)[C@H](C)CC[C@@]23C(=C[C@H](OC(=O)C(C)CC)C[C@@H]12)[C@@H](OC(=O)CCC)O[C@H]3OC(C)=O. The molecule has 8 atom stereocenters. The van der Waals surface area contributed by atoms with Crippen LogP contribution in [0.15, 0.2) is 36.5 Å². The van der Waals surface area contributed by atoms with E-state index in [1.54, 1.807) is 6.08 Å². The Morgan fingerprint density at radius 1 is 1.21 bits per heavy atom. The molecule has 0 N–H and O–H groups in total. The number of hydrogen-bond donors (Lipinski definition) is 0. The molecular formula is C31H46O7. The van der Waals surface area contributed by atoms with Gasteiger partial charge in [-0.05, 0) is 68.3 Å². The molecule has 3 rings (SSSR count). The number of allylic oxidation sites excluding steroid dienone is 2. The molecule has 0 amide bonds. The van der Waals surface area contributed by atoms with Crippen LogP contribution in [0, 0.1) is 28.6 Å². The Kier molecular flexibility index (Phi) is 9.66. The maximum Gasteiger partial charge on any atom is 0.309 e. The van der Waals surface area contributed by atoms with Gasteiger partial charge in [-0.25, -0.2) is 0 Å². The summed E-state index contributed by atoms with van der Waals surface area (Å²) in [7, 11) is 0. The zero-order valence-corrected chi connectivity index (χ0v) is 24.0. The van der Waals surface area contributed by atoms with Crippen molar-refractivity contribution in [3.63, 3.8) is 0 Å². The third-order valence-corrected chi connectivity index (χ3v) is 9.35. The van der Waals surface area contributed by atoms with E-state index >= 15 is 0 Å². The Balaban J connectivity index is 2.12. The summed E-state index contributed by atoms with van der Waals surface area (Å²) in [5.41, 5.74) is 0.829. The number of carbonyl (C=O) groups excluding carboxylic acids is 3. The standard InChI is InChI=1S/C31H46O7/c1-9-12-26(33)37-28-24-17-23(36-27(34)20(5)11-3)18-25-30(8,15-13-19(4)10-2)21(6)14-16-31(24,25)29(38-28)35-22(7)32/h10,17,20-21,23,25,28-29H,2,4,9,11-16,18H2,1,3,5-8H3/t20?,21-,23+,25+,28+,29-,30-,31-/m1/s1. The van der Waals surface area contributed by atoms with Crippen molar-refractivity contribution in [3.05, 3.63) is 36.5 Å². The Hall–Kier alpha value is -2.41. The second kappa shape index (κ2) is 12.2.